The molecule has 19 heavy (non-hydrogen) atoms. The third-order valence-electron chi connectivity index (χ3n) is 3.36. The molecule has 2 heterocycles. The highest BCUT2D eigenvalue weighted by atomic mass is 16.1. The summed E-state index contributed by atoms with van der Waals surface area (Å²) in [5.74, 6) is 0. The summed E-state index contributed by atoms with van der Waals surface area (Å²) >= 11 is 0. The SMILES string of the molecule is Cc1cccc(Cn2nnc3cn[nH]c3c2=O)c1C. The van der Waals surface area contributed by atoms with E-state index in [1.54, 1.807) is 0 Å². The monoisotopic (exact) mass is 255 g/mol. The molecule has 0 atom stereocenters. The van der Waals surface area contributed by atoms with Crippen LogP contribution in [0.5, 0.6) is 0 Å². The molecule has 0 bridgehead atoms. The molecule has 6 nitrogen and oxygen atoms in total. The second kappa shape index (κ2) is 4.31. The van der Waals surface area contributed by atoms with Crippen LogP contribution in [0.15, 0.2) is 29.2 Å². The highest BCUT2D eigenvalue weighted by molar-refractivity contribution is 5.70. The van der Waals surface area contributed by atoms with Crippen molar-refractivity contribution in [3.63, 3.8) is 0 Å². The number of hydrogen-bond acceptors (Lipinski definition) is 4. The first-order chi connectivity index (χ1) is 9.16. The van der Waals surface area contributed by atoms with Gasteiger partial charge in [-0.2, -0.15) is 5.10 Å². The van der Waals surface area contributed by atoms with Crippen LogP contribution in [0.4, 0.5) is 0 Å². The molecule has 0 aliphatic carbocycles. The van der Waals surface area contributed by atoms with Crippen LogP contribution in [0.3, 0.4) is 0 Å². The standard InChI is InChI=1S/C13H13N5O/c1-8-4-3-5-10(9(8)2)7-18-13(19)12-11(15-17-18)6-14-16-12/h3-6H,7H2,1-2H3,(H,14,16). The van der Waals surface area contributed by atoms with Gasteiger partial charge in [-0.3, -0.25) is 9.89 Å². The largest absolute Gasteiger partial charge is 0.295 e. The normalized spacial score (nSPS) is 11.1. The van der Waals surface area contributed by atoms with E-state index in [1.165, 1.54) is 22.0 Å². The fourth-order valence-corrected chi connectivity index (χ4v) is 2.03. The van der Waals surface area contributed by atoms with E-state index in [0.29, 0.717) is 17.6 Å². The number of aryl methyl sites for hydroxylation is 1. The Morgan fingerprint density at radius 1 is 1.32 bits per heavy atom. The lowest BCUT2D eigenvalue weighted by molar-refractivity contribution is 0.598. The van der Waals surface area contributed by atoms with E-state index in [-0.39, 0.29) is 5.56 Å². The molecule has 0 aliphatic heterocycles. The van der Waals surface area contributed by atoms with Gasteiger partial charge in [0.15, 0.2) is 5.52 Å². The first kappa shape index (κ1) is 11.6. The molecule has 3 rings (SSSR count). The minimum absolute atomic E-state index is 0.205. The highest BCUT2D eigenvalue weighted by Crippen LogP contribution is 2.13. The Kier molecular flexibility index (Phi) is 2.63. The van der Waals surface area contributed by atoms with Crippen molar-refractivity contribution in [3.05, 3.63) is 51.4 Å². The highest BCUT2D eigenvalue weighted by Gasteiger charge is 2.09. The third kappa shape index (κ3) is 1.91. The molecule has 0 amide bonds. The third-order valence-corrected chi connectivity index (χ3v) is 3.36. The van der Waals surface area contributed by atoms with E-state index < -0.39 is 0 Å². The lowest BCUT2D eigenvalue weighted by atomic mass is 10.0. The molecule has 96 valence electrons. The Balaban J connectivity index is 2.08. The van der Waals surface area contributed by atoms with Gasteiger partial charge in [-0.05, 0) is 30.5 Å². The average molecular weight is 255 g/mol. The van der Waals surface area contributed by atoms with Gasteiger partial charge in [0.05, 0.1) is 12.7 Å². The van der Waals surface area contributed by atoms with E-state index in [2.05, 4.69) is 20.5 Å². The Morgan fingerprint density at radius 2 is 2.16 bits per heavy atom. The maximum atomic E-state index is 12.2. The van der Waals surface area contributed by atoms with Crippen LogP contribution in [0.1, 0.15) is 16.7 Å². The van der Waals surface area contributed by atoms with Crippen molar-refractivity contribution >= 4 is 11.0 Å². The Labute approximate surface area is 109 Å². The molecule has 0 saturated heterocycles. The summed E-state index contributed by atoms with van der Waals surface area (Å²) in [5, 5.41) is 14.4. The summed E-state index contributed by atoms with van der Waals surface area (Å²) in [7, 11) is 0. The summed E-state index contributed by atoms with van der Waals surface area (Å²) in [4.78, 5) is 12.2. The Bertz CT molecular complexity index is 802. The van der Waals surface area contributed by atoms with Gasteiger partial charge >= 0.3 is 0 Å². The van der Waals surface area contributed by atoms with Crippen molar-refractivity contribution in [2.24, 2.45) is 0 Å². The first-order valence-corrected chi connectivity index (χ1v) is 5.99. The van der Waals surface area contributed by atoms with Gasteiger partial charge in [-0.1, -0.05) is 23.4 Å². The number of aromatic nitrogens is 5. The van der Waals surface area contributed by atoms with Gasteiger partial charge in [0.2, 0.25) is 0 Å². The van der Waals surface area contributed by atoms with Crippen LogP contribution >= 0.6 is 0 Å². The summed E-state index contributed by atoms with van der Waals surface area (Å²) in [6, 6.07) is 6.02. The van der Waals surface area contributed by atoms with Crippen LogP contribution < -0.4 is 5.56 Å². The van der Waals surface area contributed by atoms with Crippen LogP contribution in [0, 0.1) is 13.8 Å². The second-order valence-corrected chi connectivity index (χ2v) is 4.54. The minimum atomic E-state index is -0.205. The van der Waals surface area contributed by atoms with Gasteiger partial charge in [-0.25, -0.2) is 4.68 Å². The van der Waals surface area contributed by atoms with E-state index >= 15 is 0 Å². The molecule has 0 spiro atoms. The molecule has 0 aliphatic rings. The fourth-order valence-electron chi connectivity index (χ4n) is 2.03. The summed E-state index contributed by atoms with van der Waals surface area (Å²) in [6.45, 7) is 4.50. The predicted molar refractivity (Wildman–Crippen MR) is 71.0 cm³/mol. The number of H-pyrrole nitrogens is 1. The number of rotatable bonds is 2. The summed E-state index contributed by atoms with van der Waals surface area (Å²) < 4.78 is 1.35. The second-order valence-electron chi connectivity index (χ2n) is 4.54. The molecule has 1 aromatic carbocycles. The molecule has 1 N–H and O–H groups in total. The molecule has 0 saturated carbocycles. The van der Waals surface area contributed by atoms with Gasteiger partial charge < -0.3 is 0 Å². The number of fused-ring (bicyclic) bond motifs is 1. The number of nitrogens with one attached hydrogen (secondary N) is 1. The van der Waals surface area contributed by atoms with Crippen molar-refractivity contribution in [1.29, 1.82) is 0 Å². The zero-order valence-electron chi connectivity index (χ0n) is 10.7. The molecule has 6 heteroatoms. The quantitative estimate of drug-likeness (QED) is 0.746. The fraction of sp³-hybridized carbons (Fsp3) is 0.231. The number of benzene rings is 1. The van der Waals surface area contributed by atoms with Crippen LogP contribution in [0.25, 0.3) is 11.0 Å². The van der Waals surface area contributed by atoms with Crippen LogP contribution in [0.2, 0.25) is 0 Å². The first-order valence-electron chi connectivity index (χ1n) is 5.99. The van der Waals surface area contributed by atoms with Crippen molar-refractivity contribution in [2.45, 2.75) is 20.4 Å². The lowest BCUT2D eigenvalue weighted by Crippen LogP contribution is -2.25. The molecule has 2 aromatic heterocycles. The zero-order valence-corrected chi connectivity index (χ0v) is 10.7. The van der Waals surface area contributed by atoms with Crippen molar-refractivity contribution in [1.82, 2.24) is 25.2 Å². The van der Waals surface area contributed by atoms with E-state index in [0.717, 1.165) is 5.56 Å². The molecule has 0 radical (unpaired) electrons. The van der Waals surface area contributed by atoms with Crippen molar-refractivity contribution < 1.29 is 0 Å². The maximum Gasteiger partial charge on any atom is 0.295 e. The smallest absolute Gasteiger partial charge is 0.271 e. The van der Waals surface area contributed by atoms with Crippen molar-refractivity contribution in [3.8, 4) is 0 Å². The molecule has 0 unspecified atom stereocenters. The predicted octanol–water partition coefficient (Wildman–Crippen LogP) is 1.18. The van der Waals surface area contributed by atoms with E-state index in [4.69, 9.17) is 0 Å². The lowest BCUT2D eigenvalue weighted by Gasteiger charge is -2.08. The topological polar surface area (TPSA) is 76.5 Å². The summed E-state index contributed by atoms with van der Waals surface area (Å²) in [5.41, 5.74) is 4.10. The summed E-state index contributed by atoms with van der Waals surface area (Å²) in [6.07, 6.45) is 1.49. The minimum Gasteiger partial charge on any atom is -0.271 e. The number of nitrogens with zero attached hydrogens (tertiary/aromatic N) is 4. The maximum absolute atomic E-state index is 12.2. The molecular weight excluding hydrogens is 242 g/mol. The average Bonchev–Trinajstić information content (AvgIpc) is 2.87. The molecule has 3 aromatic rings. The van der Waals surface area contributed by atoms with Crippen molar-refractivity contribution in [2.75, 3.05) is 0 Å². The van der Waals surface area contributed by atoms with Gasteiger partial charge in [0, 0.05) is 0 Å². The van der Waals surface area contributed by atoms with Gasteiger partial charge in [0.25, 0.3) is 5.56 Å². The van der Waals surface area contributed by atoms with E-state index in [9.17, 15) is 4.79 Å². The Morgan fingerprint density at radius 3 is 3.00 bits per heavy atom. The van der Waals surface area contributed by atoms with Crippen LogP contribution in [-0.2, 0) is 6.54 Å². The molecule has 0 fully saturated rings. The van der Waals surface area contributed by atoms with Gasteiger partial charge in [-0.15, -0.1) is 5.10 Å². The molecular formula is C13H13N5O. The number of aromatic amines is 1. The Hall–Kier alpha value is -2.50. The number of hydrogen-bond donors (Lipinski definition) is 1. The van der Waals surface area contributed by atoms with Crippen LogP contribution in [-0.4, -0.2) is 25.2 Å². The van der Waals surface area contributed by atoms with Gasteiger partial charge in [0.1, 0.15) is 5.52 Å². The zero-order chi connectivity index (χ0) is 13.4. The van der Waals surface area contributed by atoms with E-state index in [1.807, 2.05) is 32.0 Å².